The monoisotopic (exact) mass is 367 g/mol. The van der Waals surface area contributed by atoms with Crippen molar-refractivity contribution in [3.63, 3.8) is 0 Å². The summed E-state index contributed by atoms with van der Waals surface area (Å²) in [4.78, 5) is 28.2. The second kappa shape index (κ2) is 7.88. The molecule has 0 atom stereocenters. The SMILES string of the molecule is COc1ccc(N=C2NC(=O)/C(=C\c3ccc(NC(C)=O)cc3)S2)cc1. The van der Waals surface area contributed by atoms with E-state index in [9.17, 15) is 9.59 Å². The first kappa shape index (κ1) is 17.8. The van der Waals surface area contributed by atoms with E-state index in [0.717, 1.165) is 17.0 Å². The Morgan fingerprint density at radius 3 is 2.46 bits per heavy atom. The number of hydrogen-bond donors (Lipinski definition) is 2. The Hall–Kier alpha value is -3.06. The quantitative estimate of drug-likeness (QED) is 0.810. The summed E-state index contributed by atoms with van der Waals surface area (Å²) >= 11 is 1.28. The van der Waals surface area contributed by atoms with Crippen molar-refractivity contribution in [1.29, 1.82) is 0 Å². The number of amides is 2. The molecule has 132 valence electrons. The van der Waals surface area contributed by atoms with Crippen LogP contribution in [0.3, 0.4) is 0 Å². The van der Waals surface area contributed by atoms with Crippen LogP contribution < -0.4 is 15.4 Å². The number of aliphatic imine (C=N–C) groups is 1. The smallest absolute Gasteiger partial charge is 0.264 e. The number of nitrogens with zero attached hydrogens (tertiary/aromatic N) is 1. The molecule has 1 aliphatic rings. The lowest BCUT2D eigenvalue weighted by Gasteiger charge is -2.02. The van der Waals surface area contributed by atoms with E-state index in [0.29, 0.717) is 15.8 Å². The van der Waals surface area contributed by atoms with Gasteiger partial charge in [0, 0.05) is 12.6 Å². The van der Waals surface area contributed by atoms with Crippen LogP contribution in [0.5, 0.6) is 5.75 Å². The zero-order valence-corrected chi connectivity index (χ0v) is 15.1. The lowest BCUT2D eigenvalue weighted by molar-refractivity contribution is -0.115. The van der Waals surface area contributed by atoms with Crippen LogP contribution in [0, 0.1) is 0 Å². The highest BCUT2D eigenvalue weighted by Crippen LogP contribution is 2.28. The Morgan fingerprint density at radius 1 is 1.15 bits per heavy atom. The van der Waals surface area contributed by atoms with Gasteiger partial charge in [0.1, 0.15) is 5.75 Å². The first-order chi connectivity index (χ1) is 12.5. The molecule has 1 fully saturated rings. The van der Waals surface area contributed by atoms with Crippen LogP contribution in [0.1, 0.15) is 12.5 Å². The molecule has 0 saturated carbocycles. The zero-order chi connectivity index (χ0) is 18.5. The second-order valence-electron chi connectivity index (χ2n) is 5.48. The summed E-state index contributed by atoms with van der Waals surface area (Å²) in [6, 6.07) is 14.5. The normalized spacial score (nSPS) is 16.6. The van der Waals surface area contributed by atoms with Gasteiger partial charge in [-0.1, -0.05) is 12.1 Å². The van der Waals surface area contributed by atoms with Gasteiger partial charge in [-0.25, -0.2) is 4.99 Å². The summed E-state index contributed by atoms with van der Waals surface area (Å²) in [5, 5.41) is 5.99. The predicted octanol–water partition coefficient (Wildman–Crippen LogP) is 3.55. The molecule has 2 aromatic rings. The molecule has 0 aromatic heterocycles. The van der Waals surface area contributed by atoms with Crippen LogP contribution in [-0.4, -0.2) is 24.1 Å². The van der Waals surface area contributed by atoms with Gasteiger partial charge in [-0.3, -0.25) is 9.59 Å². The van der Waals surface area contributed by atoms with Crippen LogP contribution in [0.4, 0.5) is 11.4 Å². The molecule has 2 N–H and O–H groups in total. The van der Waals surface area contributed by atoms with Crippen molar-refractivity contribution >= 4 is 46.2 Å². The standard InChI is InChI=1S/C19H17N3O3S/c1-12(23)20-14-5-3-13(4-6-14)11-17-18(24)22-19(26-17)21-15-7-9-16(25-2)10-8-15/h3-11H,1-2H3,(H,20,23)(H,21,22,24)/b17-11+. The number of nitrogens with one attached hydrogen (secondary N) is 2. The lowest BCUT2D eigenvalue weighted by atomic mass is 10.2. The van der Waals surface area contributed by atoms with Crippen molar-refractivity contribution in [2.24, 2.45) is 4.99 Å². The molecule has 2 amide bonds. The highest BCUT2D eigenvalue weighted by molar-refractivity contribution is 8.18. The van der Waals surface area contributed by atoms with Crippen molar-refractivity contribution in [1.82, 2.24) is 5.32 Å². The maximum Gasteiger partial charge on any atom is 0.264 e. The number of hydrogen-bond acceptors (Lipinski definition) is 5. The molecule has 0 aliphatic carbocycles. The first-order valence-electron chi connectivity index (χ1n) is 7.85. The summed E-state index contributed by atoms with van der Waals surface area (Å²) in [5.74, 6) is 0.440. The maximum absolute atomic E-state index is 12.1. The van der Waals surface area contributed by atoms with E-state index in [1.165, 1.54) is 18.7 Å². The fourth-order valence-corrected chi connectivity index (χ4v) is 3.11. The number of carbonyl (C=O) groups excluding carboxylic acids is 2. The Kier molecular flexibility index (Phi) is 5.38. The van der Waals surface area contributed by atoms with E-state index in [-0.39, 0.29) is 11.8 Å². The van der Waals surface area contributed by atoms with Crippen molar-refractivity contribution in [2.45, 2.75) is 6.92 Å². The van der Waals surface area contributed by atoms with E-state index in [1.54, 1.807) is 25.3 Å². The van der Waals surface area contributed by atoms with Gasteiger partial charge in [0.15, 0.2) is 5.17 Å². The minimum Gasteiger partial charge on any atom is -0.497 e. The molecule has 0 unspecified atom stereocenters. The van der Waals surface area contributed by atoms with E-state index in [4.69, 9.17) is 4.74 Å². The van der Waals surface area contributed by atoms with Gasteiger partial charge in [0.2, 0.25) is 5.91 Å². The fraction of sp³-hybridized carbons (Fsp3) is 0.105. The number of amidine groups is 1. The Balaban J connectivity index is 1.73. The van der Waals surface area contributed by atoms with Crippen LogP contribution >= 0.6 is 11.8 Å². The minimum absolute atomic E-state index is 0.124. The third kappa shape index (κ3) is 4.52. The zero-order valence-electron chi connectivity index (χ0n) is 14.3. The third-order valence-corrected chi connectivity index (χ3v) is 4.39. The minimum atomic E-state index is -0.187. The van der Waals surface area contributed by atoms with E-state index in [2.05, 4.69) is 15.6 Å². The number of thioether (sulfide) groups is 1. The first-order valence-corrected chi connectivity index (χ1v) is 8.66. The Morgan fingerprint density at radius 2 is 1.85 bits per heavy atom. The molecule has 1 heterocycles. The number of carbonyl (C=O) groups is 2. The number of rotatable bonds is 4. The fourth-order valence-electron chi connectivity index (χ4n) is 2.27. The average Bonchev–Trinajstić information content (AvgIpc) is 2.96. The molecule has 1 saturated heterocycles. The van der Waals surface area contributed by atoms with Crippen molar-refractivity contribution in [2.75, 3.05) is 12.4 Å². The molecule has 7 heteroatoms. The average molecular weight is 367 g/mol. The van der Waals surface area contributed by atoms with Crippen molar-refractivity contribution in [3.8, 4) is 5.75 Å². The van der Waals surface area contributed by atoms with E-state index >= 15 is 0 Å². The Bertz CT molecular complexity index is 887. The van der Waals surface area contributed by atoms with Gasteiger partial charge in [-0.2, -0.15) is 0 Å². The second-order valence-corrected chi connectivity index (χ2v) is 6.51. The molecule has 26 heavy (non-hydrogen) atoms. The number of methoxy groups -OCH3 is 1. The van der Waals surface area contributed by atoms with Crippen LogP contribution in [0.25, 0.3) is 6.08 Å². The van der Waals surface area contributed by atoms with E-state index in [1.807, 2.05) is 36.4 Å². The Labute approximate surface area is 155 Å². The number of anilines is 1. The van der Waals surface area contributed by atoms with E-state index < -0.39 is 0 Å². The molecular weight excluding hydrogens is 350 g/mol. The highest BCUT2D eigenvalue weighted by atomic mass is 32.2. The maximum atomic E-state index is 12.1. The summed E-state index contributed by atoms with van der Waals surface area (Å²) in [6.07, 6.45) is 1.79. The molecule has 6 nitrogen and oxygen atoms in total. The molecular formula is C19H17N3O3S. The topological polar surface area (TPSA) is 79.8 Å². The highest BCUT2D eigenvalue weighted by Gasteiger charge is 2.23. The van der Waals surface area contributed by atoms with Gasteiger partial charge in [0.25, 0.3) is 5.91 Å². The van der Waals surface area contributed by atoms with Gasteiger partial charge < -0.3 is 15.4 Å². The third-order valence-electron chi connectivity index (χ3n) is 3.48. The van der Waals surface area contributed by atoms with Crippen LogP contribution in [-0.2, 0) is 9.59 Å². The summed E-state index contributed by atoms with van der Waals surface area (Å²) in [5.41, 5.74) is 2.31. The largest absolute Gasteiger partial charge is 0.497 e. The predicted molar refractivity (Wildman–Crippen MR) is 105 cm³/mol. The van der Waals surface area contributed by atoms with Gasteiger partial charge >= 0.3 is 0 Å². The molecule has 0 spiro atoms. The molecule has 2 aromatic carbocycles. The van der Waals surface area contributed by atoms with Crippen LogP contribution in [0.2, 0.25) is 0 Å². The summed E-state index contributed by atoms with van der Waals surface area (Å²) in [7, 11) is 1.60. The van der Waals surface area contributed by atoms with Crippen molar-refractivity contribution < 1.29 is 14.3 Å². The summed E-state index contributed by atoms with van der Waals surface area (Å²) < 4.78 is 5.11. The molecule has 0 bridgehead atoms. The van der Waals surface area contributed by atoms with Gasteiger partial charge in [-0.05, 0) is 59.8 Å². The lowest BCUT2D eigenvalue weighted by Crippen LogP contribution is -2.19. The molecule has 0 radical (unpaired) electrons. The van der Waals surface area contributed by atoms with Crippen molar-refractivity contribution in [3.05, 3.63) is 59.0 Å². The van der Waals surface area contributed by atoms with Gasteiger partial charge in [0.05, 0.1) is 17.7 Å². The molecule has 1 aliphatic heterocycles. The van der Waals surface area contributed by atoms with Crippen LogP contribution in [0.15, 0.2) is 58.4 Å². The van der Waals surface area contributed by atoms with Gasteiger partial charge in [-0.15, -0.1) is 0 Å². The molecule has 3 rings (SSSR count). The number of ether oxygens (including phenoxy) is 1. The number of benzene rings is 2. The summed E-state index contributed by atoms with van der Waals surface area (Å²) in [6.45, 7) is 1.46.